The largest absolute Gasteiger partial charge is 0.494 e. The van der Waals surface area contributed by atoms with Gasteiger partial charge < -0.3 is 14.7 Å². The van der Waals surface area contributed by atoms with Gasteiger partial charge in [0.05, 0.1) is 12.2 Å². The minimum absolute atomic E-state index is 0.0501. The van der Waals surface area contributed by atoms with Crippen molar-refractivity contribution >= 4 is 17.6 Å². The number of carboxylic acids is 1. The van der Waals surface area contributed by atoms with Crippen LogP contribution in [0.2, 0.25) is 0 Å². The van der Waals surface area contributed by atoms with Crippen LogP contribution in [0, 0.1) is 11.2 Å². The van der Waals surface area contributed by atoms with Crippen molar-refractivity contribution in [3.05, 3.63) is 83.7 Å². The van der Waals surface area contributed by atoms with Crippen LogP contribution in [0.3, 0.4) is 0 Å². The van der Waals surface area contributed by atoms with Crippen LogP contribution in [0.4, 0.5) is 10.1 Å². The Bertz CT molecular complexity index is 1280. The third-order valence-corrected chi connectivity index (χ3v) is 7.52. The maximum Gasteiger partial charge on any atom is 0.335 e. The molecule has 1 spiro atoms. The van der Waals surface area contributed by atoms with E-state index in [2.05, 4.69) is 17.0 Å². The fourth-order valence-corrected chi connectivity index (χ4v) is 5.50. The molecule has 2 heterocycles. The number of carboxylic acid groups (broad SMARTS) is 1. The number of hydrogen-bond acceptors (Lipinski definition) is 4. The van der Waals surface area contributed by atoms with Crippen molar-refractivity contribution < 1.29 is 23.8 Å². The molecular formula is C30H31FN2O4. The van der Waals surface area contributed by atoms with Crippen LogP contribution in [0.5, 0.6) is 5.75 Å². The molecule has 6 nitrogen and oxygen atoms in total. The number of carbonyl (C=O) groups excluding carboxylic acids is 1. The fraction of sp³-hybridized carbons (Fsp3) is 0.333. The highest BCUT2D eigenvalue weighted by atomic mass is 19.1. The molecule has 0 unspecified atom stereocenters. The lowest BCUT2D eigenvalue weighted by atomic mass is 9.77. The summed E-state index contributed by atoms with van der Waals surface area (Å²) in [5.74, 6) is -0.322. The third-order valence-electron chi connectivity index (χ3n) is 7.52. The van der Waals surface area contributed by atoms with Crippen molar-refractivity contribution in [1.29, 1.82) is 0 Å². The van der Waals surface area contributed by atoms with Crippen LogP contribution in [0.15, 0.2) is 66.7 Å². The lowest BCUT2D eigenvalue weighted by Crippen LogP contribution is -2.41. The molecule has 1 N–H and O–H groups in total. The van der Waals surface area contributed by atoms with Crippen molar-refractivity contribution in [2.75, 3.05) is 31.1 Å². The SMILES string of the molecule is CCOc1cc(CN2CCC3(CC2)CC(=O)N(c2ccc(C(=O)O)cc2)C3)cc(-c2ccc(F)cc2)c1. The van der Waals surface area contributed by atoms with E-state index >= 15 is 0 Å². The maximum atomic E-state index is 13.4. The number of rotatable bonds is 7. The van der Waals surface area contributed by atoms with Crippen molar-refractivity contribution in [2.45, 2.75) is 32.7 Å². The number of ether oxygens (including phenoxy) is 1. The van der Waals surface area contributed by atoms with Crippen LogP contribution < -0.4 is 9.64 Å². The number of aromatic carboxylic acids is 1. The van der Waals surface area contributed by atoms with Gasteiger partial charge in [-0.2, -0.15) is 0 Å². The van der Waals surface area contributed by atoms with Crippen molar-refractivity contribution in [1.82, 2.24) is 4.90 Å². The molecule has 0 aliphatic carbocycles. The van der Waals surface area contributed by atoms with Gasteiger partial charge in [0.25, 0.3) is 0 Å². The number of anilines is 1. The molecule has 0 atom stereocenters. The monoisotopic (exact) mass is 502 g/mol. The van der Waals surface area contributed by atoms with Crippen molar-refractivity contribution in [3.63, 3.8) is 0 Å². The number of piperidine rings is 1. The lowest BCUT2D eigenvalue weighted by Gasteiger charge is -2.39. The first-order valence-corrected chi connectivity index (χ1v) is 12.7. The summed E-state index contributed by atoms with van der Waals surface area (Å²) in [4.78, 5) is 28.3. The molecule has 2 fully saturated rings. The number of hydrogen-bond donors (Lipinski definition) is 1. The Morgan fingerprint density at radius 2 is 1.70 bits per heavy atom. The molecule has 0 bridgehead atoms. The third kappa shape index (κ3) is 5.52. The van der Waals surface area contributed by atoms with Crippen LogP contribution in [0.1, 0.15) is 42.1 Å². The molecule has 192 valence electrons. The van der Waals surface area contributed by atoms with E-state index in [9.17, 15) is 14.0 Å². The normalized spacial score (nSPS) is 17.4. The molecule has 1 amide bonds. The molecule has 0 radical (unpaired) electrons. The number of benzene rings is 3. The van der Waals surface area contributed by atoms with E-state index in [0.29, 0.717) is 19.6 Å². The summed E-state index contributed by atoms with van der Waals surface area (Å²) in [6.45, 7) is 5.76. The minimum atomic E-state index is -0.972. The Kier molecular flexibility index (Phi) is 6.98. The molecule has 3 aromatic rings. The standard InChI is InChI=1S/C30H31FN2O4/c1-2-37-27-16-21(15-24(17-27)22-3-7-25(31)8-4-22)19-32-13-11-30(12-14-32)18-28(34)33(20-30)26-9-5-23(6-10-26)29(35)36/h3-10,15-17H,2,11-14,18-20H2,1H3,(H,35,36). The van der Waals surface area contributed by atoms with Crippen LogP contribution in [0.25, 0.3) is 11.1 Å². The van der Waals surface area contributed by atoms with Crippen LogP contribution >= 0.6 is 0 Å². The number of halogens is 1. The topological polar surface area (TPSA) is 70.1 Å². The van der Waals surface area contributed by atoms with E-state index in [1.807, 2.05) is 17.9 Å². The van der Waals surface area contributed by atoms with E-state index in [-0.39, 0.29) is 22.7 Å². The average Bonchev–Trinajstić information content (AvgIpc) is 3.21. The Hall–Kier alpha value is -3.71. The minimum Gasteiger partial charge on any atom is -0.494 e. The maximum absolute atomic E-state index is 13.4. The zero-order chi connectivity index (χ0) is 26.0. The second kappa shape index (κ2) is 10.3. The fourth-order valence-electron chi connectivity index (χ4n) is 5.50. The van der Waals surface area contributed by atoms with Gasteiger partial charge in [-0.15, -0.1) is 0 Å². The summed E-state index contributed by atoms with van der Waals surface area (Å²) in [6.07, 6.45) is 2.38. The highest BCUT2D eigenvalue weighted by molar-refractivity contribution is 5.97. The second-order valence-corrected chi connectivity index (χ2v) is 10.1. The van der Waals surface area contributed by atoms with Gasteiger partial charge in [-0.05, 0) is 110 Å². The van der Waals surface area contributed by atoms with E-state index in [1.165, 1.54) is 12.1 Å². The number of amides is 1. The molecule has 0 saturated carbocycles. The summed E-state index contributed by atoms with van der Waals surface area (Å²) in [7, 11) is 0. The number of carbonyl (C=O) groups is 2. The smallest absolute Gasteiger partial charge is 0.335 e. The predicted molar refractivity (Wildman–Crippen MR) is 140 cm³/mol. The van der Waals surface area contributed by atoms with Gasteiger partial charge in [0.1, 0.15) is 11.6 Å². The highest BCUT2D eigenvalue weighted by Gasteiger charge is 2.45. The molecule has 2 aliphatic heterocycles. The lowest BCUT2D eigenvalue weighted by molar-refractivity contribution is -0.118. The molecular weight excluding hydrogens is 471 g/mol. The summed E-state index contributed by atoms with van der Waals surface area (Å²) in [6, 6.07) is 19.3. The zero-order valence-corrected chi connectivity index (χ0v) is 21.0. The Labute approximate surface area is 216 Å². The van der Waals surface area contributed by atoms with E-state index < -0.39 is 5.97 Å². The summed E-state index contributed by atoms with van der Waals surface area (Å²) >= 11 is 0. The number of nitrogens with zero attached hydrogens (tertiary/aromatic N) is 2. The predicted octanol–water partition coefficient (Wildman–Crippen LogP) is 5.61. The van der Waals surface area contributed by atoms with Gasteiger partial charge in [-0.25, -0.2) is 9.18 Å². The molecule has 2 saturated heterocycles. The molecule has 3 aromatic carbocycles. The first-order chi connectivity index (χ1) is 17.8. The molecule has 7 heteroatoms. The van der Waals surface area contributed by atoms with E-state index in [0.717, 1.165) is 60.6 Å². The van der Waals surface area contributed by atoms with E-state index in [4.69, 9.17) is 9.84 Å². The summed E-state index contributed by atoms with van der Waals surface area (Å²) in [5.41, 5.74) is 4.02. The van der Waals surface area contributed by atoms with E-state index in [1.54, 1.807) is 36.4 Å². The van der Waals surface area contributed by atoms with Gasteiger partial charge >= 0.3 is 5.97 Å². The first-order valence-electron chi connectivity index (χ1n) is 12.7. The highest BCUT2D eigenvalue weighted by Crippen LogP contribution is 2.43. The summed E-state index contributed by atoms with van der Waals surface area (Å²) in [5, 5.41) is 9.14. The Morgan fingerprint density at radius 1 is 1.00 bits per heavy atom. The molecule has 5 rings (SSSR count). The van der Waals surface area contributed by atoms with Gasteiger partial charge in [-0.1, -0.05) is 12.1 Å². The van der Waals surface area contributed by atoms with Crippen LogP contribution in [-0.4, -0.2) is 48.1 Å². The molecule has 37 heavy (non-hydrogen) atoms. The zero-order valence-electron chi connectivity index (χ0n) is 21.0. The second-order valence-electron chi connectivity index (χ2n) is 10.1. The van der Waals surface area contributed by atoms with Gasteiger partial charge in [0, 0.05) is 25.2 Å². The quantitative estimate of drug-likeness (QED) is 0.455. The molecule has 0 aromatic heterocycles. The molecule has 2 aliphatic rings. The summed E-state index contributed by atoms with van der Waals surface area (Å²) < 4.78 is 19.2. The van der Waals surface area contributed by atoms with Crippen molar-refractivity contribution in [2.24, 2.45) is 5.41 Å². The Morgan fingerprint density at radius 3 is 2.35 bits per heavy atom. The van der Waals surface area contributed by atoms with Crippen molar-refractivity contribution in [3.8, 4) is 16.9 Å². The van der Waals surface area contributed by atoms with Crippen LogP contribution in [-0.2, 0) is 11.3 Å². The van der Waals surface area contributed by atoms with Gasteiger partial charge in [0.2, 0.25) is 5.91 Å². The van der Waals surface area contributed by atoms with Gasteiger partial charge in [-0.3, -0.25) is 9.69 Å². The first kappa shape index (κ1) is 25.0. The average molecular weight is 503 g/mol. The van der Waals surface area contributed by atoms with Gasteiger partial charge in [0.15, 0.2) is 0 Å². The number of likely N-dealkylation sites (tertiary alicyclic amines) is 1. The Balaban J connectivity index is 1.25.